The number of anilines is 1. The zero-order chi connectivity index (χ0) is 18.5. The first-order chi connectivity index (χ1) is 12.3. The van der Waals surface area contributed by atoms with Crippen LogP contribution in [-0.4, -0.2) is 20.8 Å². The van der Waals surface area contributed by atoms with E-state index in [-0.39, 0.29) is 28.7 Å². The molecule has 0 radical (unpaired) electrons. The summed E-state index contributed by atoms with van der Waals surface area (Å²) in [6.45, 7) is 2.16. The lowest BCUT2D eigenvalue weighted by Gasteiger charge is -2.36. The van der Waals surface area contributed by atoms with E-state index in [1.807, 2.05) is 24.3 Å². The Morgan fingerprint density at radius 1 is 1.23 bits per heavy atom. The second-order valence-electron chi connectivity index (χ2n) is 6.84. The molecule has 0 aromatic heterocycles. The van der Waals surface area contributed by atoms with Crippen LogP contribution in [0.3, 0.4) is 0 Å². The van der Waals surface area contributed by atoms with Gasteiger partial charge in [-0.05, 0) is 43.2 Å². The number of benzene rings is 2. The third-order valence-corrected chi connectivity index (χ3v) is 6.10. The maximum atomic E-state index is 11.7. The van der Waals surface area contributed by atoms with E-state index in [9.17, 15) is 13.2 Å². The van der Waals surface area contributed by atoms with E-state index in [0.717, 1.165) is 23.2 Å². The van der Waals surface area contributed by atoms with Gasteiger partial charge in [0, 0.05) is 29.3 Å². The Labute approximate surface area is 152 Å². The molecule has 4 rings (SSSR count). The molecule has 2 aliphatic heterocycles. The van der Waals surface area contributed by atoms with Crippen molar-refractivity contribution in [2.45, 2.75) is 30.4 Å². The predicted octanol–water partition coefficient (Wildman–Crippen LogP) is 2.78. The van der Waals surface area contributed by atoms with Crippen LogP contribution in [0.2, 0.25) is 0 Å². The molecule has 136 valence electrons. The van der Waals surface area contributed by atoms with Crippen LogP contribution in [0, 0.1) is 5.92 Å². The van der Waals surface area contributed by atoms with Gasteiger partial charge in [0.25, 0.3) is 0 Å². The number of nitrogens with two attached hydrogens (primary N) is 1. The summed E-state index contributed by atoms with van der Waals surface area (Å²) in [5, 5.41) is 8.77. The number of ketones is 1. The maximum Gasteiger partial charge on any atom is 0.238 e. The molecular weight excluding hydrogens is 352 g/mol. The number of sulfonamides is 1. The lowest BCUT2D eigenvalue weighted by Crippen LogP contribution is -2.29. The van der Waals surface area contributed by atoms with Crippen molar-refractivity contribution >= 4 is 21.5 Å². The van der Waals surface area contributed by atoms with Crippen molar-refractivity contribution in [1.29, 1.82) is 0 Å². The predicted molar refractivity (Wildman–Crippen MR) is 97.4 cm³/mol. The summed E-state index contributed by atoms with van der Waals surface area (Å²) < 4.78 is 29.3. The molecule has 0 aliphatic carbocycles. The van der Waals surface area contributed by atoms with Crippen LogP contribution in [0.5, 0.6) is 0 Å². The first-order valence-corrected chi connectivity index (χ1v) is 10.0. The Bertz CT molecular complexity index is 987. The van der Waals surface area contributed by atoms with Gasteiger partial charge in [0.15, 0.2) is 5.78 Å². The summed E-state index contributed by atoms with van der Waals surface area (Å²) in [5.41, 5.74) is 3.35. The highest BCUT2D eigenvalue weighted by molar-refractivity contribution is 7.89. The van der Waals surface area contributed by atoms with E-state index in [2.05, 4.69) is 5.32 Å². The van der Waals surface area contributed by atoms with Crippen LogP contribution in [0.1, 0.15) is 47.0 Å². The van der Waals surface area contributed by atoms with Gasteiger partial charge in [-0.25, -0.2) is 13.6 Å². The molecule has 2 aromatic rings. The van der Waals surface area contributed by atoms with Crippen LogP contribution in [0.4, 0.5) is 5.69 Å². The molecule has 6 nitrogen and oxygen atoms in total. The van der Waals surface area contributed by atoms with Crippen molar-refractivity contribution in [1.82, 2.24) is 0 Å². The van der Waals surface area contributed by atoms with Crippen molar-refractivity contribution in [3.05, 3.63) is 59.2 Å². The Balaban J connectivity index is 1.77. The number of Topliss-reactive ketones (excluding diaryl/α,β-unsaturated/α-hetero) is 1. The molecule has 2 heterocycles. The van der Waals surface area contributed by atoms with Gasteiger partial charge in [-0.2, -0.15) is 0 Å². The molecule has 1 fully saturated rings. The van der Waals surface area contributed by atoms with Crippen molar-refractivity contribution in [3.8, 4) is 0 Å². The second kappa shape index (κ2) is 6.19. The van der Waals surface area contributed by atoms with Crippen LogP contribution >= 0.6 is 0 Å². The van der Waals surface area contributed by atoms with Gasteiger partial charge in [-0.1, -0.05) is 18.2 Å². The Hall–Kier alpha value is -2.22. The Morgan fingerprint density at radius 3 is 2.77 bits per heavy atom. The number of primary sulfonamides is 1. The SMILES string of the molecule is CC(=O)c1cccc(C2Nc3ccc(S(N)(=O)=O)cc3C3OCCC23)c1. The number of carbonyl (C=O) groups is 1. The van der Waals surface area contributed by atoms with E-state index in [4.69, 9.17) is 9.88 Å². The van der Waals surface area contributed by atoms with Crippen molar-refractivity contribution in [3.63, 3.8) is 0 Å². The summed E-state index contributed by atoms with van der Waals surface area (Å²) in [6.07, 6.45) is 0.657. The number of fused-ring (bicyclic) bond motifs is 3. The molecule has 0 saturated carbocycles. The topological polar surface area (TPSA) is 98.5 Å². The minimum atomic E-state index is -3.77. The van der Waals surface area contributed by atoms with Crippen LogP contribution < -0.4 is 10.5 Å². The highest BCUT2D eigenvalue weighted by Gasteiger charge is 2.41. The van der Waals surface area contributed by atoms with Crippen molar-refractivity contribution in [2.75, 3.05) is 11.9 Å². The summed E-state index contributed by atoms with van der Waals surface area (Å²) in [5.74, 6) is 0.181. The van der Waals surface area contributed by atoms with Crippen molar-refractivity contribution in [2.24, 2.45) is 11.1 Å². The van der Waals surface area contributed by atoms with Gasteiger partial charge in [-0.3, -0.25) is 4.79 Å². The quantitative estimate of drug-likeness (QED) is 0.807. The van der Waals surface area contributed by atoms with Gasteiger partial charge in [0.1, 0.15) is 0 Å². The summed E-state index contributed by atoms with van der Waals surface area (Å²) in [7, 11) is -3.77. The van der Waals surface area contributed by atoms with Gasteiger partial charge in [0.2, 0.25) is 10.0 Å². The fraction of sp³-hybridized carbons (Fsp3) is 0.316. The normalized spacial score (nSPS) is 24.5. The fourth-order valence-corrected chi connectivity index (χ4v) is 4.46. The Kier molecular flexibility index (Phi) is 4.10. The fourth-order valence-electron chi connectivity index (χ4n) is 3.91. The van der Waals surface area contributed by atoms with Crippen molar-refractivity contribution < 1.29 is 17.9 Å². The van der Waals surface area contributed by atoms with Gasteiger partial charge < -0.3 is 10.1 Å². The van der Waals surface area contributed by atoms with Crippen LogP contribution in [0.15, 0.2) is 47.4 Å². The van der Waals surface area contributed by atoms with E-state index in [0.29, 0.717) is 12.2 Å². The molecule has 3 atom stereocenters. The molecule has 3 N–H and O–H groups in total. The summed E-state index contributed by atoms with van der Waals surface area (Å²) in [4.78, 5) is 11.8. The first kappa shape index (κ1) is 17.2. The second-order valence-corrected chi connectivity index (χ2v) is 8.40. The molecule has 2 aliphatic rings. The Morgan fingerprint density at radius 2 is 2.04 bits per heavy atom. The minimum Gasteiger partial charge on any atom is -0.378 e. The van der Waals surface area contributed by atoms with E-state index >= 15 is 0 Å². The number of ether oxygens (including phenoxy) is 1. The largest absolute Gasteiger partial charge is 0.378 e. The molecular formula is C19H20N2O4S. The molecule has 3 unspecified atom stereocenters. The third-order valence-electron chi connectivity index (χ3n) is 5.19. The molecule has 26 heavy (non-hydrogen) atoms. The summed E-state index contributed by atoms with van der Waals surface area (Å²) in [6, 6.07) is 12.4. The zero-order valence-corrected chi connectivity index (χ0v) is 15.1. The molecule has 7 heteroatoms. The highest BCUT2D eigenvalue weighted by Crippen LogP contribution is 2.50. The number of hydrogen-bond acceptors (Lipinski definition) is 5. The number of rotatable bonds is 3. The lowest BCUT2D eigenvalue weighted by molar-refractivity contribution is 0.0827. The third kappa shape index (κ3) is 2.92. The molecule has 0 spiro atoms. The average Bonchev–Trinajstić information content (AvgIpc) is 3.10. The monoisotopic (exact) mass is 372 g/mol. The standard InChI is InChI=1S/C19H20N2O4S/c1-11(22)12-3-2-4-13(9-12)18-15-7-8-25-19(15)16-10-14(26(20,23)24)5-6-17(16)21-18/h2-6,9-10,15,18-19,21H,7-8H2,1H3,(H2,20,23,24). The number of carbonyl (C=O) groups excluding carboxylic acids is 1. The minimum absolute atomic E-state index is 0.00497. The molecule has 2 aromatic carbocycles. The van der Waals surface area contributed by atoms with Crippen LogP contribution in [-0.2, 0) is 14.8 Å². The number of nitrogens with one attached hydrogen (secondary N) is 1. The maximum absolute atomic E-state index is 11.7. The number of hydrogen-bond donors (Lipinski definition) is 2. The van der Waals surface area contributed by atoms with Crippen LogP contribution in [0.25, 0.3) is 0 Å². The average molecular weight is 372 g/mol. The molecule has 1 saturated heterocycles. The molecule has 0 bridgehead atoms. The lowest BCUT2D eigenvalue weighted by atomic mass is 9.80. The van der Waals surface area contributed by atoms with Gasteiger partial charge >= 0.3 is 0 Å². The van der Waals surface area contributed by atoms with E-state index < -0.39 is 10.0 Å². The smallest absolute Gasteiger partial charge is 0.238 e. The molecule has 0 amide bonds. The van der Waals surface area contributed by atoms with Gasteiger partial charge in [-0.15, -0.1) is 0 Å². The highest BCUT2D eigenvalue weighted by atomic mass is 32.2. The van der Waals surface area contributed by atoms with E-state index in [1.165, 1.54) is 6.07 Å². The van der Waals surface area contributed by atoms with Gasteiger partial charge in [0.05, 0.1) is 17.0 Å². The van der Waals surface area contributed by atoms with E-state index in [1.54, 1.807) is 19.1 Å². The summed E-state index contributed by atoms with van der Waals surface area (Å²) >= 11 is 0. The first-order valence-electron chi connectivity index (χ1n) is 8.50. The zero-order valence-electron chi connectivity index (χ0n) is 14.3.